The Labute approximate surface area is 150 Å². The van der Waals surface area contributed by atoms with Gasteiger partial charge >= 0.3 is 0 Å². The van der Waals surface area contributed by atoms with E-state index in [1.54, 1.807) is 0 Å². The molecule has 4 heterocycles. The van der Waals surface area contributed by atoms with Crippen molar-refractivity contribution in [2.45, 2.75) is 44.4 Å². The average Bonchev–Trinajstić information content (AvgIpc) is 3.18. The molecular weight excluding hydrogens is 318 g/mol. The van der Waals surface area contributed by atoms with Crippen LogP contribution in [0.2, 0.25) is 0 Å². The summed E-state index contributed by atoms with van der Waals surface area (Å²) in [5.41, 5.74) is 0.176. The maximum absolute atomic E-state index is 6.40. The van der Waals surface area contributed by atoms with E-state index in [1.165, 1.54) is 68.3 Å². The average molecular weight is 350 g/mol. The Morgan fingerprint density at radius 2 is 1.88 bits per heavy atom. The molecule has 4 nitrogen and oxygen atoms in total. The molecule has 3 aliphatic heterocycles. The minimum absolute atomic E-state index is 0.176. The number of thiophene rings is 1. The van der Waals surface area contributed by atoms with Crippen LogP contribution in [0.1, 0.15) is 29.0 Å². The number of hydrogen-bond donors (Lipinski definition) is 0. The van der Waals surface area contributed by atoms with Crippen molar-refractivity contribution in [1.29, 1.82) is 0 Å². The normalized spacial score (nSPS) is 29.5. The number of aryl methyl sites for hydroxylation is 1. The molecule has 1 atom stereocenters. The predicted molar refractivity (Wildman–Crippen MR) is 99.7 cm³/mol. The number of rotatable bonds is 3. The molecule has 3 fully saturated rings. The van der Waals surface area contributed by atoms with Crippen LogP contribution in [-0.2, 0) is 11.3 Å². The zero-order valence-electron chi connectivity index (χ0n) is 15.2. The third-order valence-electron chi connectivity index (χ3n) is 6.19. The second-order valence-electron chi connectivity index (χ2n) is 7.98. The molecule has 0 radical (unpaired) electrons. The molecule has 3 saturated heterocycles. The monoisotopic (exact) mass is 349 g/mol. The molecule has 0 N–H and O–H groups in total. The summed E-state index contributed by atoms with van der Waals surface area (Å²) >= 11 is 1.94. The first-order chi connectivity index (χ1) is 11.6. The molecule has 1 spiro atoms. The van der Waals surface area contributed by atoms with E-state index in [2.05, 4.69) is 40.8 Å². The van der Waals surface area contributed by atoms with Gasteiger partial charge in [-0.25, -0.2) is 0 Å². The highest BCUT2D eigenvalue weighted by Crippen LogP contribution is 2.38. The van der Waals surface area contributed by atoms with Crippen LogP contribution in [0.25, 0.3) is 0 Å². The van der Waals surface area contributed by atoms with E-state index in [0.29, 0.717) is 6.04 Å². The Bertz CT molecular complexity index is 545. The standard InChI is InChI=1S/C19H31N3OS/c1-16-3-4-18(24-16)14-21-7-5-19(6-8-21)13-17(15-23-19)22-11-9-20(2)10-12-22/h3-4,17H,5-15H2,1-2H3. The fourth-order valence-electron chi connectivity index (χ4n) is 4.50. The Kier molecular flexibility index (Phi) is 4.98. The van der Waals surface area contributed by atoms with E-state index in [1.807, 2.05) is 11.3 Å². The fourth-order valence-corrected chi connectivity index (χ4v) is 5.43. The van der Waals surface area contributed by atoms with Crippen molar-refractivity contribution < 1.29 is 4.74 Å². The van der Waals surface area contributed by atoms with Crippen molar-refractivity contribution in [2.75, 3.05) is 52.9 Å². The first-order valence-electron chi connectivity index (χ1n) is 9.46. The maximum Gasteiger partial charge on any atom is 0.0723 e. The quantitative estimate of drug-likeness (QED) is 0.834. The highest BCUT2D eigenvalue weighted by Gasteiger charge is 2.44. The second kappa shape index (κ2) is 7.04. The van der Waals surface area contributed by atoms with Crippen LogP contribution in [0.3, 0.4) is 0 Å². The molecule has 0 aliphatic carbocycles. The van der Waals surface area contributed by atoms with E-state index >= 15 is 0 Å². The summed E-state index contributed by atoms with van der Waals surface area (Å²) in [6.07, 6.45) is 3.67. The van der Waals surface area contributed by atoms with Crippen LogP contribution in [-0.4, -0.2) is 79.3 Å². The van der Waals surface area contributed by atoms with Crippen molar-refractivity contribution >= 4 is 11.3 Å². The number of likely N-dealkylation sites (N-methyl/N-ethyl adjacent to an activating group) is 1. The van der Waals surface area contributed by atoms with E-state index in [9.17, 15) is 0 Å². The summed E-state index contributed by atoms with van der Waals surface area (Å²) in [7, 11) is 2.23. The minimum Gasteiger partial charge on any atom is -0.373 e. The number of piperidine rings is 1. The van der Waals surface area contributed by atoms with Crippen LogP contribution in [0.4, 0.5) is 0 Å². The molecule has 1 aromatic rings. The number of piperazine rings is 1. The highest BCUT2D eigenvalue weighted by atomic mass is 32.1. The summed E-state index contributed by atoms with van der Waals surface area (Å²) in [6.45, 7) is 11.5. The van der Waals surface area contributed by atoms with Crippen LogP contribution in [0, 0.1) is 6.92 Å². The summed E-state index contributed by atoms with van der Waals surface area (Å²) in [5, 5.41) is 0. The molecule has 5 heteroatoms. The van der Waals surface area contributed by atoms with Crippen LogP contribution >= 0.6 is 11.3 Å². The van der Waals surface area contributed by atoms with Gasteiger partial charge in [-0.05, 0) is 45.4 Å². The Morgan fingerprint density at radius 1 is 1.12 bits per heavy atom. The lowest BCUT2D eigenvalue weighted by molar-refractivity contribution is -0.0453. The minimum atomic E-state index is 0.176. The van der Waals surface area contributed by atoms with Gasteiger partial charge in [-0.15, -0.1) is 11.3 Å². The van der Waals surface area contributed by atoms with E-state index < -0.39 is 0 Å². The molecule has 3 aliphatic rings. The molecular formula is C19H31N3OS. The van der Waals surface area contributed by atoms with Crippen LogP contribution < -0.4 is 0 Å². The Morgan fingerprint density at radius 3 is 2.54 bits per heavy atom. The van der Waals surface area contributed by atoms with Gasteiger partial charge in [0.05, 0.1) is 12.2 Å². The van der Waals surface area contributed by atoms with Gasteiger partial charge in [0.1, 0.15) is 0 Å². The van der Waals surface area contributed by atoms with E-state index in [0.717, 1.165) is 13.2 Å². The lowest BCUT2D eigenvalue weighted by Crippen LogP contribution is -2.50. The number of likely N-dealkylation sites (tertiary alicyclic amines) is 1. The second-order valence-corrected chi connectivity index (χ2v) is 9.35. The molecule has 1 aromatic heterocycles. The molecule has 134 valence electrons. The lowest BCUT2D eigenvalue weighted by atomic mass is 9.87. The molecule has 0 bridgehead atoms. The van der Waals surface area contributed by atoms with Gasteiger partial charge in [0.2, 0.25) is 0 Å². The smallest absolute Gasteiger partial charge is 0.0723 e. The lowest BCUT2D eigenvalue weighted by Gasteiger charge is -2.39. The van der Waals surface area contributed by atoms with Gasteiger partial charge in [-0.2, -0.15) is 0 Å². The van der Waals surface area contributed by atoms with Gasteiger partial charge in [0.25, 0.3) is 0 Å². The third kappa shape index (κ3) is 3.70. The zero-order valence-corrected chi connectivity index (χ0v) is 16.0. The summed E-state index contributed by atoms with van der Waals surface area (Å²) in [4.78, 5) is 10.7. The van der Waals surface area contributed by atoms with Crippen molar-refractivity contribution in [3.63, 3.8) is 0 Å². The van der Waals surface area contributed by atoms with Gasteiger partial charge in [0, 0.05) is 61.6 Å². The predicted octanol–water partition coefficient (Wildman–Crippen LogP) is 2.43. The maximum atomic E-state index is 6.40. The zero-order chi connectivity index (χ0) is 16.6. The van der Waals surface area contributed by atoms with Crippen molar-refractivity contribution in [1.82, 2.24) is 14.7 Å². The highest BCUT2D eigenvalue weighted by molar-refractivity contribution is 7.11. The molecule has 0 aromatic carbocycles. The van der Waals surface area contributed by atoms with Crippen molar-refractivity contribution in [3.8, 4) is 0 Å². The van der Waals surface area contributed by atoms with Gasteiger partial charge in [0.15, 0.2) is 0 Å². The van der Waals surface area contributed by atoms with Crippen molar-refractivity contribution in [2.24, 2.45) is 0 Å². The van der Waals surface area contributed by atoms with E-state index in [-0.39, 0.29) is 5.60 Å². The number of ether oxygens (including phenoxy) is 1. The summed E-state index contributed by atoms with van der Waals surface area (Å²) in [5.74, 6) is 0. The Hall–Kier alpha value is -0.460. The summed E-state index contributed by atoms with van der Waals surface area (Å²) < 4.78 is 6.40. The fraction of sp³-hybridized carbons (Fsp3) is 0.789. The molecule has 1 unspecified atom stereocenters. The first kappa shape index (κ1) is 17.0. The van der Waals surface area contributed by atoms with Crippen LogP contribution in [0.5, 0.6) is 0 Å². The van der Waals surface area contributed by atoms with Gasteiger partial charge in [-0.3, -0.25) is 9.80 Å². The van der Waals surface area contributed by atoms with Crippen molar-refractivity contribution in [3.05, 3.63) is 21.9 Å². The molecule has 4 rings (SSSR count). The first-order valence-corrected chi connectivity index (χ1v) is 10.3. The Balaban J connectivity index is 1.27. The molecule has 24 heavy (non-hydrogen) atoms. The third-order valence-corrected chi connectivity index (χ3v) is 7.17. The van der Waals surface area contributed by atoms with Crippen LogP contribution in [0.15, 0.2) is 12.1 Å². The van der Waals surface area contributed by atoms with E-state index in [4.69, 9.17) is 4.74 Å². The molecule has 0 amide bonds. The molecule has 0 saturated carbocycles. The largest absolute Gasteiger partial charge is 0.373 e. The van der Waals surface area contributed by atoms with Gasteiger partial charge in [-0.1, -0.05) is 0 Å². The number of nitrogens with zero attached hydrogens (tertiary/aromatic N) is 3. The number of hydrogen-bond acceptors (Lipinski definition) is 5. The SMILES string of the molecule is Cc1ccc(CN2CCC3(CC2)CC(N2CCN(C)CC2)CO3)s1. The summed E-state index contributed by atoms with van der Waals surface area (Å²) in [6, 6.07) is 5.19. The van der Waals surface area contributed by atoms with Gasteiger partial charge < -0.3 is 9.64 Å². The topological polar surface area (TPSA) is 19.0 Å².